The van der Waals surface area contributed by atoms with E-state index in [2.05, 4.69) is 20.5 Å². The van der Waals surface area contributed by atoms with Crippen LogP contribution in [0.3, 0.4) is 0 Å². The minimum absolute atomic E-state index is 0.0353. The molecule has 0 saturated carbocycles. The van der Waals surface area contributed by atoms with Crippen molar-refractivity contribution in [3.8, 4) is 11.8 Å². The second-order valence-electron chi connectivity index (χ2n) is 4.82. The lowest BCUT2D eigenvalue weighted by Gasteiger charge is -2.06. The number of nitrogens with zero attached hydrogens (tertiary/aromatic N) is 3. The summed E-state index contributed by atoms with van der Waals surface area (Å²) >= 11 is 0. The van der Waals surface area contributed by atoms with E-state index in [1.807, 2.05) is 0 Å². The van der Waals surface area contributed by atoms with E-state index in [-0.39, 0.29) is 12.0 Å². The van der Waals surface area contributed by atoms with E-state index in [4.69, 9.17) is 13.6 Å². The zero-order valence-electron chi connectivity index (χ0n) is 12.2. The smallest absolute Gasteiger partial charge is 0.420 e. The predicted molar refractivity (Wildman–Crippen MR) is 82.8 cm³/mol. The van der Waals surface area contributed by atoms with Crippen LogP contribution in [0.25, 0.3) is 11.1 Å². The van der Waals surface area contributed by atoms with Gasteiger partial charge in [0.15, 0.2) is 12.0 Å². The number of hydrogen-bond acceptors (Lipinski definition) is 7. The second kappa shape index (κ2) is 5.84. The van der Waals surface area contributed by atoms with Gasteiger partial charge < -0.3 is 18.9 Å². The number of oxazole rings is 1. The highest BCUT2D eigenvalue weighted by Crippen LogP contribution is 2.21. The van der Waals surface area contributed by atoms with E-state index < -0.39 is 0 Å². The Balaban J connectivity index is 1.47. The first-order chi connectivity index (χ1) is 11.8. The van der Waals surface area contributed by atoms with Crippen LogP contribution in [0, 0.1) is 0 Å². The summed E-state index contributed by atoms with van der Waals surface area (Å²) in [6.45, 7) is 0. The topological polar surface area (TPSA) is 103 Å². The normalized spacial score (nSPS) is 10.7. The minimum atomic E-state index is -0.248. The van der Waals surface area contributed by atoms with Gasteiger partial charge in [-0.2, -0.15) is 0 Å². The van der Waals surface area contributed by atoms with Gasteiger partial charge in [-0.05, 0) is 42.5 Å². The van der Waals surface area contributed by atoms with E-state index in [0.29, 0.717) is 28.1 Å². The SMILES string of the molecule is O=C(Nc1ccc2ocnc2c1)c1ccc(Oc2nnco2)cc1. The molecule has 0 atom stereocenters. The van der Waals surface area contributed by atoms with Crippen molar-refractivity contribution in [2.75, 3.05) is 5.32 Å². The predicted octanol–water partition coefficient (Wildman–Crippen LogP) is 3.26. The minimum Gasteiger partial charge on any atom is -0.443 e. The number of nitrogens with one attached hydrogen (secondary N) is 1. The molecule has 0 aliphatic heterocycles. The largest absolute Gasteiger partial charge is 0.443 e. The highest BCUT2D eigenvalue weighted by molar-refractivity contribution is 6.04. The molecule has 2 aromatic carbocycles. The lowest BCUT2D eigenvalue weighted by Crippen LogP contribution is -2.11. The Labute approximate surface area is 135 Å². The maximum atomic E-state index is 12.3. The highest BCUT2D eigenvalue weighted by Gasteiger charge is 2.09. The third-order valence-corrected chi connectivity index (χ3v) is 3.25. The molecule has 2 heterocycles. The highest BCUT2D eigenvalue weighted by atomic mass is 16.6. The lowest BCUT2D eigenvalue weighted by molar-refractivity contribution is 0.102. The van der Waals surface area contributed by atoms with Gasteiger partial charge in [0.2, 0.25) is 6.39 Å². The molecule has 0 fully saturated rings. The van der Waals surface area contributed by atoms with Crippen LogP contribution in [0.5, 0.6) is 11.8 Å². The van der Waals surface area contributed by atoms with Gasteiger partial charge in [-0.15, -0.1) is 5.10 Å². The molecule has 1 N–H and O–H groups in total. The Morgan fingerprint density at radius 3 is 2.71 bits per heavy atom. The van der Waals surface area contributed by atoms with Crippen molar-refractivity contribution in [1.82, 2.24) is 15.2 Å². The van der Waals surface area contributed by atoms with E-state index in [0.717, 1.165) is 0 Å². The van der Waals surface area contributed by atoms with Gasteiger partial charge in [-0.1, -0.05) is 5.10 Å². The summed E-state index contributed by atoms with van der Waals surface area (Å²) in [4.78, 5) is 16.3. The van der Waals surface area contributed by atoms with Crippen molar-refractivity contribution in [3.63, 3.8) is 0 Å². The summed E-state index contributed by atoms with van der Waals surface area (Å²) < 4.78 is 15.4. The second-order valence-corrected chi connectivity index (χ2v) is 4.82. The number of ether oxygens (including phenoxy) is 1. The maximum absolute atomic E-state index is 12.3. The monoisotopic (exact) mass is 322 g/mol. The number of rotatable bonds is 4. The van der Waals surface area contributed by atoms with Gasteiger partial charge in [0.25, 0.3) is 5.91 Å². The summed E-state index contributed by atoms with van der Waals surface area (Å²) in [5.41, 5.74) is 2.45. The standard InChI is InChI=1S/C16H10N4O4/c21-15(19-11-3-6-14-13(7-11)17-8-22-14)10-1-4-12(5-2-10)24-16-20-18-9-23-16/h1-9H,(H,19,21). The van der Waals surface area contributed by atoms with Crippen LogP contribution >= 0.6 is 0 Å². The number of carbonyl (C=O) groups is 1. The molecule has 0 bridgehead atoms. The molecule has 118 valence electrons. The third kappa shape index (κ3) is 2.80. The number of benzene rings is 2. The summed E-state index contributed by atoms with van der Waals surface area (Å²) in [5.74, 6) is 0.238. The molecular formula is C16H10N4O4. The van der Waals surface area contributed by atoms with Crippen LogP contribution in [-0.2, 0) is 0 Å². The molecule has 0 radical (unpaired) electrons. The number of anilines is 1. The van der Waals surface area contributed by atoms with Crippen LogP contribution in [0.2, 0.25) is 0 Å². The van der Waals surface area contributed by atoms with Crippen LogP contribution in [0.4, 0.5) is 5.69 Å². The van der Waals surface area contributed by atoms with Crippen LogP contribution in [0.15, 0.2) is 64.1 Å². The Morgan fingerprint density at radius 2 is 1.92 bits per heavy atom. The fourth-order valence-electron chi connectivity index (χ4n) is 2.12. The quantitative estimate of drug-likeness (QED) is 0.615. The Morgan fingerprint density at radius 1 is 1.04 bits per heavy atom. The Bertz CT molecular complexity index is 977. The van der Waals surface area contributed by atoms with Crippen molar-refractivity contribution < 1.29 is 18.4 Å². The van der Waals surface area contributed by atoms with Crippen molar-refractivity contribution in [2.45, 2.75) is 0 Å². The Hall–Kier alpha value is -3.68. The first-order valence-electron chi connectivity index (χ1n) is 6.97. The van der Waals surface area contributed by atoms with E-state index in [1.54, 1.807) is 42.5 Å². The summed E-state index contributed by atoms with van der Waals surface area (Å²) in [7, 11) is 0. The molecule has 0 unspecified atom stereocenters. The molecule has 0 spiro atoms. The fraction of sp³-hybridized carbons (Fsp3) is 0. The molecule has 8 heteroatoms. The van der Waals surface area contributed by atoms with Crippen LogP contribution in [0.1, 0.15) is 10.4 Å². The molecule has 4 aromatic rings. The first-order valence-corrected chi connectivity index (χ1v) is 6.97. The first kappa shape index (κ1) is 13.9. The molecule has 0 saturated heterocycles. The van der Waals surface area contributed by atoms with Gasteiger partial charge in [-0.3, -0.25) is 4.79 Å². The number of aromatic nitrogens is 3. The summed E-state index contributed by atoms with van der Waals surface area (Å²) in [6.07, 6.45) is 2.56. The molecule has 2 aromatic heterocycles. The lowest BCUT2D eigenvalue weighted by atomic mass is 10.2. The third-order valence-electron chi connectivity index (χ3n) is 3.25. The fourth-order valence-corrected chi connectivity index (χ4v) is 2.12. The zero-order chi connectivity index (χ0) is 16.4. The molecule has 0 aliphatic rings. The number of hydrogen-bond donors (Lipinski definition) is 1. The molecular weight excluding hydrogens is 312 g/mol. The molecule has 24 heavy (non-hydrogen) atoms. The molecule has 4 rings (SSSR count). The number of amides is 1. The maximum Gasteiger partial charge on any atom is 0.420 e. The van der Waals surface area contributed by atoms with E-state index in [9.17, 15) is 4.79 Å². The Kier molecular flexibility index (Phi) is 3.39. The van der Waals surface area contributed by atoms with Gasteiger partial charge in [0.05, 0.1) is 0 Å². The summed E-state index contributed by atoms with van der Waals surface area (Å²) in [6, 6.07) is 11.8. The van der Waals surface area contributed by atoms with Crippen molar-refractivity contribution in [1.29, 1.82) is 0 Å². The van der Waals surface area contributed by atoms with Gasteiger partial charge in [-0.25, -0.2) is 4.98 Å². The zero-order valence-corrected chi connectivity index (χ0v) is 12.2. The van der Waals surface area contributed by atoms with Gasteiger partial charge in [0, 0.05) is 11.3 Å². The summed E-state index contributed by atoms with van der Waals surface area (Å²) in [5, 5.41) is 9.93. The van der Waals surface area contributed by atoms with Crippen LogP contribution in [-0.4, -0.2) is 21.1 Å². The molecule has 1 amide bonds. The van der Waals surface area contributed by atoms with Crippen molar-refractivity contribution in [2.24, 2.45) is 0 Å². The average molecular weight is 322 g/mol. The van der Waals surface area contributed by atoms with Gasteiger partial charge in [0.1, 0.15) is 11.3 Å². The van der Waals surface area contributed by atoms with E-state index >= 15 is 0 Å². The molecule has 0 aliphatic carbocycles. The molecule has 8 nitrogen and oxygen atoms in total. The van der Waals surface area contributed by atoms with Crippen LogP contribution < -0.4 is 10.1 Å². The van der Waals surface area contributed by atoms with Crippen molar-refractivity contribution in [3.05, 3.63) is 60.8 Å². The van der Waals surface area contributed by atoms with E-state index in [1.165, 1.54) is 12.8 Å². The van der Waals surface area contributed by atoms with Crippen molar-refractivity contribution >= 4 is 22.7 Å². The average Bonchev–Trinajstić information content (AvgIpc) is 3.26. The van der Waals surface area contributed by atoms with Gasteiger partial charge >= 0.3 is 6.08 Å². The number of carbonyl (C=O) groups excluding carboxylic acids is 1. The number of fused-ring (bicyclic) bond motifs is 1.